The van der Waals surface area contributed by atoms with E-state index in [1.807, 2.05) is 0 Å². The van der Waals surface area contributed by atoms with Gasteiger partial charge in [0, 0.05) is 39.7 Å². The van der Waals surface area contributed by atoms with Gasteiger partial charge in [-0.15, -0.1) is 0 Å². The van der Waals surface area contributed by atoms with E-state index in [0.29, 0.717) is 0 Å². The number of hydrogen-bond donors (Lipinski definition) is 0. The van der Waals surface area contributed by atoms with Crippen molar-refractivity contribution < 1.29 is 17.1 Å². The summed E-state index contributed by atoms with van der Waals surface area (Å²) in [4.78, 5) is 41.0. The first-order chi connectivity index (χ1) is 19.8. The second kappa shape index (κ2) is 10.8. The van der Waals surface area contributed by atoms with Gasteiger partial charge in [-0.3, -0.25) is 0 Å². The van der Waals surface area contributed by atoms with Gasteiger partial charge in [-0.25, -0.2) is 9.97 Å². The maximum Gasteiger partial charge on any atom is 0.0883 e. The molecule has 0 amide bonds. The van der Waals surface area contributed by atoms with Gasteiger partial charge in [0.05, 0.1) is 23.3 Å². The Morgan fingerprint density at radius 1 is 0.333 bits per heavy atom. The zero-order chi connectivity index (χ0) is 26.2. The van der Waals surface area contributed by atoms with Crippen molar-refractivity contribution in [2.75, 3.05) is 0 Å². The smallest absolute Gasteiger partial charge is 0.0883 e. The fourth-order valence-electron chi connectivity index (χ4n) is 7.68. The Labute approximate surface area is 256 Å². The van der Waals surface area contributed by atoms with Gasteiger partial charge < -0.3 is 37.3 Å². The number of rotatable bonds is 0. The third kappa shape index (κ3) is 4.31. The van der Waals surface area contributed by atoms with Gasteiger partial charge in [0.15, 0.2) is 0 Å². The molecule has 1 radical (unpaired) electrons. The van der Waals surface area contributed by atoms with E-state index in [2.05, 4.69) is 0 Å². The van der Waals surface area contributed by atoms with Crippen molar-refractivity contribution in [3.05, 3.63) is 53.0 Å². The van der Waals surface area contributed by atoms with E-state index in [1.165, 1.54) is 44.5 Å². The van der Waals surface area contributed by atoms with Crippen LogP contribution in [-0.4, -0.2) is 29.9 Å². The second-order valence-electron chi connectivity index (χ2n) is 12.1. The van der Waals surface area contributed by atoms with Crippen LogP contribution in [0.2, 0.25) is 0 Å². The van der Waals surface area contributed by atoms with Crippen LogP contribution in [0.4, 0.5) is 0 Å². The maximum absolute atomic E-state index is 5.17. The summed E-state index contributed by atoms with van der Waals surface area (Å²) in [5, 5.41) is 0. The van der Waals surface area contributed by atoms with Crippen LogP contribution in [0.1, 0.15) is 123 Å². The normalized spacial score (nSPS) is 19.2. The van der Waals surface area contributed by atoms with Crippen LogP contribution in [0, 0.1) is 7.43 Å². The molecule has 0 N–H and O–H groups in total. The van der Waals surface area contributed by atoms with Crippen molar-refractivity contribution in [2.45, 2.75) is 103 Å². The molecule has 3 aromatic rings. The van der Waals surface area contributed by atoms with Crippen molar-refractivity contribution in [2.24, 2.45) is 0 Å². The summed E-state index contributed by atoms with van der Waals surface area (Å²) in [6.07, 6.45) is 17.3. The first-order valence-corrected chi connectivity index (χ1v) is 15.4. The molecule has 9 rings (SSSR count). The first kappa shape index (κ1) is 27.7. The number of aryl methyl sites for hydroxylation is 4. The molecule has 0 spiro atoms. The number of hydrogen-bond acceptors (Lipinski definition) is 6. The van der Waals surface area contributed by atoms with Gasteiger partial charge in [0.25, 0.3) is 0 Å². The van der Waals surface area contributed by atoms with Crippen molar-refractivity contribution >= 4 is 44.9 Å². The maximum atomic E-state index is 5.17. The standard InChI is InChI=1S/C32H32N8.CH3.Cu/c1-2-10-18-17(9-1)25-33-26(18)38-28-21-13-5-6-14-22(21)30(35-28)40-32-24-16-8-7-15-23(24)31(36-32)39-29-20-12-4-3-11-19(20)27(34-29)37-25;;/h1-16H2;1H3;/q-2;-1;. The van der Waals surface area contributed by atoms with Crippen LogP contribution in [0.15, 0.2) is 0 Å². The summed E-state index contributed by atoms with van der Waals surface area (Å²) < 4.78 is 0. The molecule has 2 aliphatic heterocycles. The third-order valence-corrected chi connectivity index (χ3v) is 9.73. The number of aromatic nitrogens is 8. The molecule has 0 saturated heterocycles. The quantitative estimate of drug-likeness (QED) is 0.216. The molecule has 8 bridgehead atoms. The number of nitrogens with zero attached hydrogens (tertiary/aromatic N) is 8. The molecule has 0 unspecified atom stereocenters. The zero-order valence-electron chi connectivity index (χ0n) is 24.2. The van der Waals surface area contributed by atoms with E-state index in [1.54, 1.807) is 0 Å². The number of fused-ring (bicyclic) bond motifs is 18. The van der Waals surface area contributed by atoms with Crippen molar-refractivity contribution in [3.8, 4) is 0 Å². The van der Waals surface area contributed by atoms with E-state index in [4.69, 9.17) is 39.9 Å². The van der Waals surface area contributed by atoms with Gasteiger partial charge in [-0.1, -0.05) is 0 Å². The van der Waals surface area contributed by atoms with Crippen LogP contribution in [0.25, 0.3) is 44.9 Å². The summed E-state index contributed by atoms with van der Waals surface area (Å²) in [6.45, 7) is 0. The molecule has 3 aromatic heterocycles. The second-order valence-corrected chi connectivity index (χ2v) is 12.1. The Kier molecular flexibility index (Phi) is 7.14. The molecule has 0 atom stereocenters. The minimum Gasteiger partial charge on any atom is -0.358 e. The van der Waals surface area contributed by atoms with E-state index in [-0.39, 0.29) is 24.5 Å². The van der Waals surface area contributed by atoms with Gasteiger partial charge >= 0.3 is 0 Å². The fraction of sp³-hybridized carbons (Fsp3) is 0.485. The molecule has 221 valence electrons. The predicted molar refractivity (Wildman–Crippen MR) is 160 cm³/mol. The minimum atomic E-state index is 0. The molecular formula is C33H35CuN8-3. The molecule has 9 heteroatoms. The molecular weight excluding hydrogens is 572 g/mol. The van der Waals surface area contributed by atoms with Crippen LogP contribution in [-0.2, 0) is 42.8 Å². The molecule has 0 saturated carbocycles. The van der Waals surface area contributed by atoms with Gasteiger partial charge in [-0.05, 0) is 147 Å². The van der Waals surface area contributed by atoms with Crippen LogP contribution in [0.3, 0.4) is 0 Å². The summed E-state index contributed by atoms with van der Waals surface area (Å²) in [5.74, 6) is 3.20. The Balaban J connectivity index is 0.00000144. The van der Waals surface area contributed by atoms with Gasteiger partial charge in [-0.2, -0.15) is 0 Å². The molecule has 5 heterocycles. The Hall–Kier alpha value is -3.16. The topological polar surface area (TPSA) is 106 Å². The van der Waals surface area contributed by atoms with Gasteiger partial charge in [0.2, 0.25) is 0 Å². The SMILES string of the molecule is C1CCC2=C(C1)c1nc2nc2[n-]c(nc3nc(nc4[n-]c(n1)c1c4CCCC1)C1=C3CCCC1)c1c2CCCC1.[CH3-].[Cu]. The largest absolute Gasteiger partial charge is 0.358 e. The number of allylic oxidation sites excluding steroid dienone is 4. The molecule has 6 aliphatic rings. The summed E-state index contributed by atoms with van der Waals surface area (Å²) in [6, 6.07) is 0. The van der Waals surface area contributed by atoms with Crippen molar-refractivity contribution in [1.82, 2.24) is 39.9 Å². The van der Waals surface area contributed by atoms with Crippen LogP contribution in [0.5, 0.6) is 0 Å². The van der Waals surface area contributed by atoms with E-state index < -0.39 is 0 Å². The van der Waals surface area contributed by atoms with E-state index in [9.17, 15) is 0 Å². The van der Waals surface area contributed by atoms with Gasteiger partial charge in [0.1, 0.15) is 0 Å². The van der Waals surface area contributed by atoms with Crippen LogP contribution >= 0.6 is 0 Å². The molecule has 4 aliphatic carbocycles. The minimum absolute atomic E-state index is 0. The summed E-state index contributed by atoms with van der Waals surface area (Å²) in [5.41, 5.74) is 13.2. The van der Waals surface area contributed by atoms with E-state index in [0.717, 1.165) is 149 Å². The summed E-state index contributed by atoms with van der Waals surface area (Å²) in [7, 11) is 0. The molecule has 0 fully saturated rings. The van der Waals surface area contributed by atoms with Crippen molar-refractivity contribution in [3.63, 3.8) is 0 Å². The molecule has 42 heavy (non-hydrogen) atoms. The third-order valence-electron chi connectivity index (χ3n) is 9.73. The Bertz CT molecular complexity index is 1570. The monoisotopic (exact) mass is 606 g/mol. The average Bonchev–Trinajstić information content (AvgIpc) is 3.73. The average molecular weight is 607 g/mol. The summed E-state index contributed by atoms with van der Waals surface area (Å²) >= 11 is 0. The predicted octanol–water partition coefficient (Wildman–Crippen LogP) is 6.33. The zero-order valence-corrected chi connectivity index (χ0v) is 25.1. The fourth-order valence-corrected chi connectivity index (χ4v) is 7.68. The molecule has 8 nitrogen and oxygen atoms in total. The Morgan fingerprint density at radius 3 is 0.833 bits per heavy atom. The Morgan fingerprint density at radius 2 is 0.571 bits per heavy atom. The van der Waals surface area contributed by atoms with Crippen molar-refractivity contribution in [1.29, 1.82) is 0 Å². The van der Waals surface area contributed by atoms with E-state index >= 15 is 0 Å². The first-order valence-electron chi connectivity index (χ1n) is 15.4. The van der Waals surface area contributed by atoms with Crippen LogP contribution < -0.4 is 9.97 Å². The molecule has 0 aromatic carbocycles.